The lowest BCUT2D eigenvalue weighted by Crippen LogP contribution is -2.28. The predicted molar refractivity (Wildman–Crippen MR) is 51.6 cm³/mol. The van der Waals surface area contributed by atoms with Crippen LogP contribution in [0.2, 0.25) is 0 Å². The van der Waals surface area contributed by atoms with Crippen LogP contribution < -0.4 is 0 Å². The van der Waals surface area contributed by atoms with Crippen molar-refractivity contribution in [1.29, 1.82) is 0 Å². The molecule has 70 valence electrons. The van der Waals surface area contributed by atoms with E-state index < -0.39 is 5.60 Å². The third-order valence-corrected chi connectivity index (χ3v) is 1.90. The maximum absolute atomic E-state index is 10.5. The molecule has 0 aromatic heterocycles. The second-order valence-corrected chi connectivity index (χ2v) is 3.64. The van der Waals surface area contributed by atoms with Gasteiger partial charge < -0.3 is 9.90 Å². The third-order valence-electron chi connectivity index (χ3n) is 1.90. The van der Waals surface area contributed by atoms with Crippen LogP contribution in [0.4, 0.5) is 0 Å². The highest BCUT2D eigenvalue weighted by Crippen LogP contribution is 2.12. The molecule has 0 saturated heterocycles. The molecular weight excluding hydrogens is 164 g/mol. The first-order valence-corrected chi connectivity index (χ1v) is 4.28. The molecule has 2 heteroatoms. The van der Waals surface area contributed by atoms with Crippen LogP contribution >= 0.6 is 0 Å². The minimum absolute atomic E-state index is 0.373. The molecule has 1 rings (SSSR count). The first-order valence-electron chi connectivity index (χ1n) is 4.28. The van der Waals surface area contributed by atoms with Gasteiger partial charge in [0.15, 0.2) is 6.29 Å². The molecule has 0 saturated carbocycles. The third kappa shape index (κ3) is 2.99. The molecular formula is C11H14O2. The molecule has 0 heterocycles. The molecule has 0 radical (unpaired) electrons. The summed E-state index contributed by atoms with van der Waals surface area (Å²) >= 11 is 0. The molecule has 0 bridgehead atoms. The Morgan fingerprint density at radius 1 is 1.54 bits per heavy atom. The number of rotatable bonds is 3. The lowest BCUT2D eigenvalue weighted by Gasteiger charge is -2.15. The molecule has 13 heavy (non-hydrogen) atoms. The summed E-state index contributed by atoms with van der Waals surface area (Å²) in [7, 11) is 0. The first-order chi connectivity index (χ1) is 6.03. The Kier molecular flexibility index (Phi) is 2.83. The van der Waals surface area contributed by atoms with Gasteiger partial charge in [-0.2, -0.15) is 0 Å². The van der Waals surface area contributed by atoms with E-state index in [9.17, 15) is 9.90 Å². The molecule has 1 unspecified atom stereocenters. The summed E-state index contributed by atoms with van der Waals surface area (Å²) in [6.45, 7) is 3.50. The van der Waals surface area contributed by atoms with E-state index in [1.54, 1.807) is 0 Å². The molecule has 0 aliphatic heterocycles. The van der Waals surface area contributed by atoms with E-state index in [-0.39, 0.29) is 0 Å². The lowest BCUT2D eigenvalue weighted by molar-refractivity contribution is -0.122. The van der Waals surface area contributed by atoms with E-state index in [4.69, 9.17) is 0 Å². The molecule has 0 amide bonds. The molecule has 2 nitrogen and oxygen atoms in total. The largest absolute Gasteiger partial charge is 0.382 e. The number of benzene rings is 1. The maximum Gasteiger partial charge on any atom is 0.151 e. The molecule has 1 N–H and O–H groups in total. The lowest BCUT2D eigenvalue weighted by atomic mass is 9.97. The van der Waals surface area contributed by atoms with E-state index in [0.717, 1.165) is 11.1 Å². The van der Waals surface area contributed by atoms with Crippen molar-refractivity contribution in [3.8, 4) is 0 Å². The molecule has 0 spiro atoms. The number of hydrogen-bond donors (Lipinski definition) is 1. The Labute approximate surface area is 78.2 Å². The SMILES string of the molecule is Cc1cccc(CC(C)(O)C=O)c1. The Morgan fingerprint density at radius 3 is 2.77 bits per heavy atom. The summed E-state index contributed by atoms with van der Waals surface area (Å²) in [5.74, 6) is 0. The molecule has 1 aromatic carbocycles. The fraction of sp³-hybridized carbons (Fsp3) is 0.364. The summed E-state index contributed by atoms with van der Waals surface area (Å²) in [5, 5.41) is 9.50. The summed E-state index contributed by atoms with van der Waals surface area (Å²) in [6.07, 6.45) is 0.952. The van der Waals surface area contributed by atoms with Crippen molar-refractivity contribution in [3.63, 3.8) is 0 Å². The Hall–Kier alpha value is -1.15. The summed E-state index contributed by atoms with van der Waals surface area (Å²) < 4.78 is 0. The van der Waals surface area contributed by atoms with Gasteiger partial charge in [-0.05, 0) is 19.4 Å². The highest BCUT2D eigenvalue weighted by Gasteiger charge is 2.19. The fourth-order valence-corrected chi connectivity index (χ4v) is 1.28. The number of aldehydes is 1. The average molecular weight is 178 g/mol. The second-order valence-electron chi connectivity index (χ2n) is 3.64. The molecule has 0 aliphatic carbocycles. The Morgan fingerprint density at radius 2 is 2.23 bits per heavy atom. The van der Waals surface area contributed by atoms with Crippen LogP contribution in [0.3, 0.4) is 0 Å². The minimum atomic E-state index is -1.24. The summed E-state index contributed by atoms with van der Waals surface area (Å²) in [4.78, 5) is 10.5. The quantitative estimate of drug-likeness (QED) is 0.712. The van der Waals surface area contributed by atoms with Crippen molar-refractivity contribution in [3.05, 3.63) is 35.4 Å². The van der Waals surface area contributed by atoms with Crippen molar-refractivity contribution < 1.29 is 9.90 Å². The van der Waals surface area contributed by atoms with Gasteiger partial charge in [0.25, 0.3) is 0 Å². The van der Waals surface area contributed by atoms with Crippen LogP contribution in [0.15, 0.2) is 24.3 Å². The van der Waals surface area contributed by atoms with Crippen molar-refractivity contribution in [2.75, 3.05) is 0 Å². The number of carbonyl (C=O) groups is 1. The molecule has 0 fully saturated rings. The Bertz CT molecular complexity index is 303. The van der Waals surface area contributed by atoms with Crippen molar-refractivity contribution >= 4 is 6.29 Å². The summed E-state index contributed by atoms with van der Waals surface area (Å²) in [5.41, 5.74) is 0.879. The van der Waals surface area contributed by atoms with Crippen molar-refractivity contribution in [2.24, 2.45) is 0 Å². The van der Waals surface area contributed by atoms with Gasteiger partial charge in [-0.1, -0.05) is 29.8 Å². The zero-order valence-electron chi connectivity index (χ0n) is 7.95. The fourth-order valence-electron chi connectivity index (χ4n) is 1.28. The average Bonchev–Trinajstić information content (AvgIpc) is 2.03. The highest BCUT2D eigenvalue weighted by molar-refractivity contribution is 5.62. The normalized spacial score (nSPS) is 15.0. The zero-order valence-corrected chi connectivity index (χ0v) is 7.95. The van der Waals surface area contributed by atoms with Crippen LogP contribution in [0, 0.1) is 6.92 Å². The van der Waals surface area contributed by atoms with Gasteiger partial charge in [0.05, 0.1) is 0 Å². The van der Waals surface area contributed by atoms with Gasteiger partial charge in [0, 0.05) is 6.42 Å². The Balaban J connectivity index is 2.80. The van der Waals surface area contributed by atoms with Crippen LogP contribution in [-0.2, 0) is 11.2 Å². The maximum atomic E-state index is 10.5. The van der Waals surface area contributed by atoms with E-state index in [0.29, 0.717) is 12.7 Å². The predicted octanol–water partition coefficient (Wildman–Crippen LogP) is 1.49. The van der Waals surface area contributed by atoms with E-state index in [2.05, 4.69) is 0 Å². The first kappa shape index (κ1) is 9.93. The smallest absolute Gasteiger partial charge is 0.151 e. The van der Waals surface area contributed by atoms with Crippen molar-refractivity contribution in [2.45, 2.75) is 25.9 Å². The monoisotopic (exact) mass is 178 g/mol. The van der Waals surface area contributed by atoms with Crippen molar-refractivity contribution in [1.82, 2.24) is 0 Å². The van der Waals surface area contributed by atoms with Gasteiger partial charge in [0.2, 0.25) is 0 Å². The van der Waals surface area contributed by atoms with E-state index >= 15 is 0 Å². The number of hydrogen-bond acceptors (Lipinski definition) is 2. The van der Waals surface area contributed by atoms with Gasteiger partial charge in [-0.3, -0.25) is 0 Å². The number of carbonyl (C=O) groups excluding carboxylic acids is 1. The van der Waals surface area contributed by atoms with Crippen LogP contribution in [-0.4, -0.2) is 17.0 Å². The zero-order chi connectivity index (χ0) is 9.90. The van der Waals surface area contributed by atoms with Gasteiger partial charge in [-0.25, -0.2) is 0 Å². The van der Waals surface area contributed by atoms with Crippen LogP contribution in [0.1, 0.15) is 18.1 Å². The van der Waals surface area contributed by atoms with Crippen LogP contribution in [0.25, 0.3) is 0 Å². The number of aliphatic hydroxyl groups is 1. The minimum Gasteiger partial charge on any atom is -0.382 e. The van der Waals surface area contributed by atoms with Gasteiger partial charge in [0.1, 0.15) is 5.60 Å². The molecule has 1 aromatic rings. The number of aryl methyl sites for hydroxylation is 1. The molecule has 1 atom stereocenters. The topological polar surface area (TPSA) is 37.3 Å². The summed E-state index contributed by atoms with van der Waals surface area (Å²) in [6, 6.07) is 7.79. The van der Waals surface area contributed by atoms with Gasteiger partial charge in [-0.15, -0.1) is 0 Å². The highest BCUT2D eigenvalue weighted by atomic mass is 16.3. The second kappa shape index (κ2) is 3.71. The standard InChI is InChI=1S/C11H14O2/c1-9-4-3-5-10(6-9)7-11(2,13)8-12/h3-6,8,13H,7H2,1-2H3. The van der Waals surface area contributed by atoms with E-state index in [1.165, 1.54) is 6.92 Å². The van der Waals surface area contributed by atoms with Gasteiger partial charge >= 0.3 is 0 Å². The van der Waals surface area contributed by atoms with Crippen LogP contribution in [0.5, 0.6) is 0 Å². The molecule has 0 aliphatic rings. The van der Waals surface area contributed by atoms with E-state index in [1.807, 2.05) is 31.2 Å².